The molecule has 3 rings (SSSR count). The quantitative estimate of drug-likeness (QED) is 0.468. The molecule has 1 aromatic heterocycles. The molecule has 3 aromatic rings. The molecule has 1 amide bonds. The fourth-order valence-electron chi connectivity index (χ4n) is 2.78. The molecule has 0 atom stereocenters. The highest BCUT2D eigenvalue weighted by molar-refractivity contribution is 7.99. The van der Waals surface area contributed by atoms with Gasteiger partial charge in [0.1, 0.15) is 0 Å². The zero-order valence-corrected chi connectivity index (χ0v) is 16.3. The van der Waals surface area contributed by atoms with E-state index in [0.717, 1.165) is 23.9 Å². The van der Waals surface area contributed by atoms with Gasteiger partial charge in [0, 0.05) is 12.2 Å². The average Bonchev–Trinajstić information content (AvgIpc) is 2.68. The number of hydrogen-bond acceptors (Lipinski definition) is 4. The van der Waals surface area contributed by atoms with Gasteiger partial charge < -0.3 is 5.32 Å². The number of aromatic nitrogens is 2. The Morgan fingerprint density at radius 1 is 1.17 bits per heavy atom. The lowest BCUT2D eigenvalue weighted by Crippen LogP contribution is -2.24. The van der Waals surface area contributed by atoms with E-state index in [1.807, 2.05) is 6.92 Å². The van der Waals surface area contributed by atoms with E-state index in [1.54, 1.807) is 24.3 Å². The van der Waals surface area contributed by atoms with E-state index in [9.17, 15) is 22.8 Å². The molecule has 152 valence electrons. The molecular formula is C20H18F3N3O2S. The van der Waals surface area contributed by atoms with Gasteiger partial charge in [-0.2, -0.15) is 13.2 Å². The van der Waals surface area contributed by atoms with Crippen LogP contribution in [-0.2, 0) is 17.5 Å². The van der Waals surface area contributed by atoms with Crippen LogP contribution in [0.3, 0.4) is 0 Å². The Hall–Kier alpha value is -2.81. The molecule has 2 aromatic carbocycles. The van der Waals surface area contributed by atoms with E-state index in [0.29, 0.717) is 29.0 Å². The zero-order valence-electron chi connectivity index (χ0n) is 15.5. The Balaban J connectivity index is 1.77. The average molecular weight is 421 g/mol. The molecule has 0 radical (unpaired) electrons. The Kier molecular flexibility index (Phi) is 6.26. The summed E-state index contributed by atoms with van der Waals surface area (Å²) in [6, 6.07) is 11.4. The van der Waals surface area contributed by atoms with Gasteiger partial charge >= 0.3 is 6.18 Å². The van der Waals surface area contributed by atoms with Crippen LogP contribution in [0.2, 0.25) is 0 Å². The summed E-state index contributed by atoms with van der Waals surface area (Å²) in [5.74, 6) is -0.579. The monoisotopic (exact) mass is 421 g/mol. The minimum absolute atomic E-state index is 0.0582. The second-order valence-electron chi connectivity index (χ2n) is 6.28. The molecular weight excluding hydrogens is 403 g/mol. The third kappa shape index (κ3) is 4.97. The molecule has 1 heterocycles. The number of carbonyl (C=O) groups excluding carboxylic acids is 1. The molecule has 0 aliphatic rings. The van der Waals surface area contributed by atoms with Crippen molar-refractivity contribution in [3.63, 3.8) is 0 Å². The Labute approximate surface area is 169 Å². The highest BCUT2D eigenvalue weighted by Gasteiger charge is 2.30. The van der Waals surface area contributed by atoms with E-state index in [2.05, 4.69) is 10.3 Å². The van der Waals surface area contributed by atoms with Crippen molar-refractivity contribution in [2.24, 2.45) is 0 Å². The van der Waals surface area contributed by atoms with Gasteiger partial charge in [-0.05, 0) is 36.8 Å². The van der Waals surface area contributed by atoms with Crippen molar-refractivity contribution in [2.45, 2.75) is 31.2 Å². The minimum atomic E-state index is -4.49. The highest BCUT2D eigenvalue weighted by Crippen LogP contribution is 2.30. The van der Waals surface area contributed by atoms with E-state index in [-0.39, 0.29) is 17.0 Å². The number of fused-ring (bicyclic) bond motifs is 1. The first-order chi connectivity index (χ1) is 13.8. The number of anilines is 1. The normalized spacial score (nSPS) is 11.6. The Morgan fingerprint density at radius 2 is 1.93 bits per heavy atom. The van der Waals surface area contributed by atoms with E-state index in [4.69, 9.17) is 0 Å². The summed E-state index contributed by atoms with van der Waals surface area (Å²) in [6.07, 6.45) is -3.77. The van der Waals surface area contributed by atoms with Crippen LogP contribution in [0.4, 0.5) is 18.9 Å². The lowest BCUT2D eigenvalue weighted by molar-refractivity contribution is -0.137. The van der Waals surface area contributed by atoms with Crippen molar-refractivity contribution in [2.75, 3.05) is 11.1 Å². The number of alkyl halides is 3. The number of benzene rings is 2. The summed E-state index contributed by atoms with van der Waals surface area (Å²) in [6.45, 7) is 2.38. The van der Waals surface area contributed by atoms with E-state index in [1.165, 1.54) is 16.7 Å². The van der Waals surface area contributed by atoms with Gasteiger partial charge in [-0.3, -0.25) is 14.2 Å². The molecule has 9 heteroatoms. The summed E-state index contributed by atoms with van der Waals surface area (Å²) < 4.78 is 39.9. The Morgan fingerprint density at radius 3 is 2.66 bits per heavy atom. The number of nitrogens with one attached hydrogen (secondary N) is 1. The van der Waals surface area contributed by atoms with Crippen LogP contribution in [0.5, 0.6) is 0 Å². The molecule has 5 nitrogen and oxygen atoms in total. The number of para-hydroxylation sites is 1. The number of carbonyl (C=O) groups is 1. The minimum Gasteiger partial charge on any atom is -0.325 e. The van der Waals surface area contributed by atoms with Crippen LogP contribution in [0.1, 0.15) is 18.9 Å². The molecule has 0 unspecified atom stereocenters. The summed E-state index contributed by atoms with van der Waals surface area (Å²) >= 11 is 1.07. The Bertz CT molecular complexity index is 1100. The number of thioether (sulfide) groups is 1. The third-order valence-electron chi connectivity index (χ3n) is 4.08. The topological polar surface area (TPSA) is 64.0 Å². The van der Waals surface area contributed by atoms with Gasteiger partial charge in [-0.1, -0.05) is 36.9 Å². The lowest BCUT2D eigenvalue weighted by atomic mass is 10.2. The standard InChI is InChI=1S/C20H18F3N3O2S/c1-2-10-26-18(28)15-8-3-4-9-16(15)25-19(26)29-12-17(27)24-14-7-5-6-13(11-14)20(21,22)23/h3-9,11H,2,10,12H2,1H3,(H,24,27). The van der Waals surface area contributed by atoms with Crippen LogP contribution in [-0.4, -0.2) is 21.2 Å². The second-order valence-corrected chi connectivity index (χ2v) is 7.23. The fourth-order valence-corrected chi connectivity index (χ4v) is 3.60. The van der Waals surface area contributed by atoms with Gasteiger partial charge in [0.05, 0.1) is 22.2 Å². The molecule has 0 bridgehead atoms. The predicted molar refractivity (Wildman–Crippen MR) is 107 cm³/mol. The van der Waals surface area contributed by atoms with Crippen LogP contribution < -0.4 is 10.9 Å². The first-order valence-electron chi connectivity index (χ1n) is 8.89. The smallest absolute Gasteiger partial charge is 0.325 e. The molecule has 0 spiro atoms. The van der Waals surface area contributed by atoms with Crippen molar-refractivity contribution in [3.05, 3.63) is 64.4 Å². The summed E-state index contributed by atoms with van der Waals surface area (Å²) in [5, 5.41) is 3.35. The molecule has 0 aliphatic carbocycles. The molecule has 0 aliphatic heterocycles. The van der Waals surface area contributed by atoms with Crippen molar-refractivity contribution in [1.29, 1.82) is 0 Å². The number of nitrogens with zero attached hydrogens (tertiary/aromatic N) is 2. The van der Waals surface area contributed by atoms with Crippen molar-refractivity contribution >= 4 is 34.3 Å². The first kappa shape index (κ1) is 20.9. The predicted octanol–water partition coefficient (Wildman–Crippen LogP) is 4.56. The summed E-state index contributed by atoms with van der Waals surface area (Å²) in [7, 11) is 0. The van der Waals surface area contributed by atoms with Gasteiger partial charge in [0.2, 0.25) is 5.91 Å². The molecule has 1 N–H and O–H groups in total. The number of amides is 1. The summed E-state index contributed by atoms with van der Waals surface area (Å²) in [4.78, 5) is 29.4. The second kappa shape index (κ2) is 8.69. The molecule has 0 fully saturated rings. The third-order valence-corrected chi connectivity index (χ3v) is 5.06. The number of halogens is 3. The van der Waals surface area contributed by atoms with Crippen molar-refractivity contribution in [3.8, 4) is 0 Å². The fraction of sp³-hybridized carbons (Fsp3) is 0.250. The SMILES string of the molecule is CCCn1c(SCC(=O)Nc2cccc(C(F)(F)F)c2)nc2ccccc2c1=O. The van der Waals surface area contributed by atoms with Crippen LogP contribution in [0, 0.1) is 0 Å². The van der Waals surface area contributed by atoms with Crippen molar-refractivity contribution < 1.29 is 18.0 Å². The van der Waals surface area contributed by atoms with Crippen LogP contribution >= 0.6 is 11.8 Å². The van der Waals surface area contributed by atoms with Crippen molar-refractivity contribution in [1.82, 2.24) is 9.55 Å². The number of hydrogen-bond donors (Lipinski definition) is 1. The van der Waals surface area contributed by atoms with Gasteiger partial charge in [-0.15, -0.1) is 0 Å². The van der Waals surface area contributed by atoms with Crippen LogP contribution in [0.25, 0.3) is 10.9 Å². The van der Waals surface area contributed by atoms with E-state index < -0.39 is 17.6 Å². The maximum Gasteiger partial charge on any atom is 0.416 e. The zero-order chi connectivity index (χ0) is 21.0. The summed E-state index contributed by atoms with van der Waals surface area (Å²) in [5.41, 5.74) is -0.428. The first-order valence-corrected chi connectivity index (χ1v) is 9.87. The number of rotatable bonds is 6. The molecule has 0 saturated heterocycles. The van der Waals surface area contributed by atoms with Gasteiger partial charge in [-0.25, -0.2) is 4.98 Å². The maximum atomic E-state index is 12.8. The van der Waals surface area contributed by atoms with Crippen LogP contribution in [0.15, 0.2) is 58.5 Å². The highest BCUT2D eigenvalue weighted by atomic mass is 32.2. The van der Waals surface area contributed by atoms with Gasteiger partial charge in [0.25, 0.3) is 5.56 Å². The lowest BCUT2D eigenvalue weighted by Gasteiger charge is -2.13. The largest absolute Gasteiger partial charge is 0.416 e. The maximum absolute atomic E-state index is 12.8. The molecule has 29 heavy (non-hydrogen) atoms. The van der Waals surface area contributed by atoms with Gasteiger partial charge in [0.15, 0.2) is 5.16 Å². The van der Waals surface area contributed by atoms with E-state index >= 15 is 0 Å². The molecule has 0 saturated carbocycles.